The molecule has 0 fully saturated rings. The molecule has 0 radical (unpaired) electrons. The maximum absolute atomic E-state index is 2.52. The highest BCUT2D eigenvalue weighted by molar-refractivity contribution is 6.12. The van der Waals surface area contributed by atoms with Gasteiger partial charge in [-0.2, -0.15) is 0 Å². The summed E-state index contributed by atoms with van der Waals surface area (Å²) in [5.74, 6) is 0. The van der Waals surface area contributed by atoms with Crippen molar-refractivity contribution >= 4 is 89.5 Å². The first kappa shape index (κ1) is 64.7. The first-order valence-electron chi connectivity index (χ1n) is 38.9. The normalized spacial score (nSPS) is 13.2. The molecule has 2 heteroatoms. The Morgan fingerprint density at radius 1 is 0.179 bits per heavy atom. The average Bonchev–Trinajstić information content (AvgIpc) is 1.53. The average molecular weight is 1420 g/mol. The van der Waals surface area contributed by atoms with Gasteiger partial charge in [-0.1, -0.05) is 352 Å². The number of hydrogen-bond acceptors (Lipinski definition) is 0. The van der Waals surface area contributed by atoms with Crippen molar-refractivity contribution < 1.29 is 0 Å². The van der Waals surface area contributed by atoms with Gasteiger partial charge in [-0.05, 0) is 229 Å². The van der Waals surface area contributed by atoms with Crippen LogP contribution in [0.25, 0.3) is 156 Å². The van der Waals surface area contributed by atoms with Crippen molar-refractivity contribution in [2.24, 2.45) is 0 Å². The molecule has 0 unspecified atom stereocenters. The topological polar surface area (TPSA) is 9.86 Å². The third-order valence-corrected chi connectivity index (χ3v) is 24.2. The summed E-state index contributed by atoms with van der Waals surface area (Å²) < 4.78 is 4.82. The van der Waals surface area contributed by atoms with Crippen LogP contribution >= 0.6 is 0 Å². The van der Waals surface area contributed by atoms with Crippen LogP contribution in [-0.2, 0) is 10.8 Å². The molecule has 112 heavy (non-hydrogen) atoms. The molecule has 522 valence electrons. The molecule has 0 saturated carbocycles. The van der Waals surface area contributed by atoms with Gasteiger partial charge in [0, 0.05) is 32.9 Å². The van der Waals surface area contributed by atoms with Gasteiger partial charge < -0.3 is 9.13 Å². The van der Waals surface area contributed by atoms with E-state index in [1.807, 2.05) is 0 Å². The molecule has 0 spiro atoms. The zero-order valence-electron chi connectivity index (χ0n) is 61.5. The van der Waals surface area contributed by atoms with Crippen LogP contribution in [0.4, 0.5) is 0 Å². The summed E-state index contributed by atoms with van der Waals surface area (Å²) in [4.78, 5) is 0. The van der Waals surface area contributed by atoms with Gasteiger partial charge in [0.05, 0.1) is 32.9 Å². The maximum Gasteiger partial charge on any atom is 0.0713 e. The van der Waals surface area contributed by atoms with E-state index in [0.717, 1.165) is 22.3 Å². The number of nitrogens with zero attached hydrogens (tertiary/aromatic N) is 2. The fraction of sp³-hybridized carbons (Fsp3) is 0.0182. The third-order valence-electron chi connectivity index (χ3n) is 24.2. The number of aromatic nitrogens is 2. The van der Waals surface area contributed by atoms with Crippen LogP contribution in [-0.4, -0.2) is 9.13 Å². The van der Waals surface area contributed by atoms with Gasteiger partial charge in [0.15, 0.2) is 0 Å². The van der Waals surface area contributed by atoms with Crippen LogP contribution in [0.3, 0.4) is 0 Å². The standard InChI is InChI=1S/C110H72N2/c1-5-25-87(26-6-1)109(88-27-7-2-8-28-88)101-65-75(39-37-73-41-47-79(48-42-73)83-55-63-107-99(69-83)97-33-17-19-35-105(97)111(107)91-57-51-77-21-13-15-23-81(77)67-91)45-59-93(101)95-61-53-85(71-103(95)109)86-54-62-96-94-60-46-76(66-102(94)110(104(96)72-86,89-29-9-3-10-30-89)90-31-11-4-12-32-90)40-38-74-43-49-80(50-44-74)84-56-64-108-100(70-84)98-34-18-20-36-106(98)112(108)92-58-52-78-22-14-16-24-82(78)68-92/h1-72H. The summed E-state index contributed by atoms with van der Waals surface area (Å²) >= 11 is 0. The molecule has 0 atom stereocenters. The summed E-state index contributed by atoms with van der Waals surface area (Å²) in [5.41, 5.74) is 32.6. The van der Waals surface area contributed by atoms with E-state index in [1.54, 1.807) is 0 Å². The molecule has 18 aromatic carbocycles. The molecule has 0 N–H and O–H groups in total. The van der Waals surface area contributed by atoms with Crippen molar-refractivity contribution in [3.63, 3.8) is 0 Å². The smallest absolute Gasteiger partial charge is 0.0713 e. The molecular weight excluding hydrogens is 1350 g/mol. The summed E-state index contributed by atoms with van der Waals surface area (Å²) in [7, 11) is 0. The number of fused-ring (bicyclic) bond motifs is 14. The SMILES string of the molecule is C(=Cc1ccc2c(c1)C(c1ccccc1)(c1ccccc1)c1cc(-c3ccc4c(c3)C(c3ccccc3)(c3ccccc3)c3cc(C=Cc5ccc(-c6ccc7c(c6)c6ccccc6n7-c6ccc7ccccc7c6)cc5)ccc3-4)ccc1-2)c1ccc(-c2ccc3c(c2)c2ccccc2n3-c2ccc3ccccc3c2)cc1. The molecule has 0 amide bonds. The van der Waals surface area contributed by atoms with Crippen LogP contribution in [0.2, 0.25) is 0 Å². The first-order valence-corrected chi connectivity index (χ1v) is 38.9. The fourth-order valence-corrected chi connectivity index (χ4v) is 19.0. The molecule has 2 aliphatic rings. The van der Waals surface area contributed by atoms with Crippen molar-refractivity contribution in [1.29, 1.82) is 0 Å². The first-order chi connectivity index (χ1) is 55.5. The fourth-order valence-electron chi connectivity index (χ4n) is 19.0. The lowest BCUT2D eigenvalue weighted by atomic mass is 9.66. The van der Waals surface area contributed by atoms with Crippen LogP contribution in [0, 0.1) is 0 Å². The summed E-state index contributed by atoms with van der Waals surface area (Å²) in [6.07, 6.45) is 9.12. The van der Waals surface area contributed by atoms with Crippen molar-refractivity contribution in [2.75, 3.05) is 0 Å². The van der Waals surface area contributed by atoms with E-state index in [9.17, 15) is 0 Å². The van der Waals surface area contributed by atoms with E-state index in [-0.39, 0.29) is 0 Å². The number of rotatable bonds is 13. The Morgan fingerprint density at radius 2 is 0.464 bits per heavy atom. The number of hydrogen-bond donors (Lipinski definition) is 0. The van der Waals surface area contributed by atoms with Gasteiger partial charge in [0.25, 0.3) is 0 Å². The van der Waals surface area contributed by atoms with Crippen LogP contribution in [0.5, 0.6) is 0 Å². The Morgan fingerprint density at radius 3 is 0.857 bits per heavy atom. The van der Waals surface area contributed by atoms with E-state index in [2.05, 4.69) is 446 Å². The highest BCUT2D eigenvalue weighted by Gasteiger charge is 2.48. The highest BCUT2D eigenvalue weighted by atomic mass is 15.0. The zero-order valence-corrected chi connectivity index (χ0v) is 61.5. The van der Waals surface area contributed by atoms with Gasteiger partial charge >= 0.3 is 0 Å². The Balaban J connectivity index is 0.593. The second kappa shape index (κ2) is 26.2. The molecule has 0 aliphatic heterocycles. The van der Waals surface area contributed by atoms with Crippen molar-refractivity contribution in [3.05, 3.63) is 479 Å². The molecule has 20 aromatic rings. The predicted molar refractivity (Wildman–Crippen MR) is 472 cm³/mol. The number of benzene rings is 18. The van der Waals surface area contributed by atoms with Gasteiger partial charge in [0.2, 0.25) is 0 Å². The monoisotopic (exact) mass is 1420 g/mol. The molecule has 22 rings (SSSR count). The van der Waals surface area contributed by atoms with E-state index < -0.39 is 10.8 Å². The molecule has 2 aromatic heterocycles. The molecule has 0 bridgehead atoms. The largest absolute Gasteiger partial charge is 0.309 e. The minimum Gasteiger partial charge on any atom is -0.309 e. The van der Waals surface area contributed by atoms with Crippen LogP contribution in [0.15, 0.2) is 413 Å². The van der Waals surface area contributed by atoms with Crippen LogP contribution < -0.4 is 0 Å². The van der Waals surface area contributed by atoms with Crippen molar-refractivity contribution in [1.82, 2.24) is 9.13 Å². The summed E-state index contributed by atoms with van der Waals surface area (Å²) in [6, 6.07) is 154. The quantitative estimate of drug-likeness (QED) is 0.102. The third kappa shape index (κ3) is 10.3. The highest BCUT2D eigenvalue weighted by Crippen LogP contribution is 2.60. The Bertz CT molecular complexity index is 6680. The molecule has 2 heterocycles. The summed E-state index contributed by atoms with van der Waals surface area (Å²) in [5, 5.41) is 9.94. The van der Waals surface area contributed by atoms with Gasteiger partial charge in [-0.3, -0.25) is 0 Å². The van der Waals surface area contributed by atoms with Gasteiger partial charge in [0.1, 0.15) is 0 Å². The molecule has 2 nitrogen and oxygen atoms in total. The summed E-state index contributed by atoms with van der Waals surface area (Å²) in [6.45, 7) is 0. The lowest BCUT2D eigenvalue weighted by Crippen LogP contribution is -2.29. The minimum atomic E-state index is -0.632. The minimum absolute atomic E-state index is 0.632. The van der Waals surface area contributed by atoms with E-state index in [4.69, 9.17) is 0 Å². The van der Waals surface area contributed by atoms with E-state index in [1.165, 1.54) is 177 Å². The second-order valence-electron chi connectivity index (χ2n) is 30.2. The van der Waals surface area contributed by atoms with Gasteiger partial charge in [-0.15, -0.1) is 0 Å². The Labute approximate surface area is 651 Å². The zero-order chi connectivity index (χ0) is 73.9. The lowest BCUT2D eigenvalue weighted by Gasteiger charge is -2.35. The Kier molecular flexibility index (Phi) is 15.1. The predicted octanol–water partition coefficient (Wildman–Crippen LogP) is 28.3. The lowest BCUT2D eigenvalue weighted by molar-refractivity contribution is 0.767. The van der Waals surface area contributed by atoms with Crippen molar-refractivity contribution in [3.8, 4) is 67.0 Å². The van der Waals surface area contributed by atoms with Gasteiger partial charge in [-0.25, -0.2) is 0 Å². The molecular formula is C110H72N2. The second-order valence-corrected chi connectivity index (χ2v) is 30.2. The van der Waals surface area contributed by atoms with E-state index in [0.29, 0.717) is 0 Å². The Hall–Kier alpha value is -14.4. The molecule has 0 saturated heterocycles. The maximum atomic E-state index is 2.52. The van der Waals surface area contributed by atoms with E-state index >= 15 is 0 Å². The van der Waals surface area contributed by atoms with Crippen LogP contribution in [0.1, 0.15) is 66.8 Å². The number of para-hydroxylation sites is 2. The molecule has 2 aliphatic carbocycles. The van der Waals surface area contributed by atoms with Crippen molar-refractivity contribution in [2.45, 2.75) is 10.8 Å².